The molecule has 1 heterocycles. The summed E-state index contributed by atoms with van der Waals surface area (Å²) in [5.74, 6) is 0.721. The topological polar surface area (TPSA) is 88.9 Å². The lowest BCUT2D eigenvalue weighted by Gasteiger charge is -2.22. The van der Waals surface area contributed by atoms with Crippen LogP contribution in [0.25, 0.3) is 10.8 Å². The molecule has 0 saturated carbocycles. The molecule has 4 rings (SSSR count). The van der Waals surface area contributed by atoms with Crippen LogP contribution >= 0.6 is 11.8 Å². The van der Waals surface area contributed by atoms with Gasteiger partial charge >= 0.3 is 0 Å². The molecular weight excluding hydrogens is 470 g/mol. The zero-order valence-corrected chi connectivity index (χ0v) is 21.8. The summed E-state index contributed by atoms with van der Waals surface area (Å²) in [4.78, 5) is 25.7. The molecule has 3 aromatic carbocycles. The maximum Gasteiger partial charge on any atom is 0.251 e. The van der Waals surface area contributed by atoms with E-state index < -0.39 is 0 Å². The molecule has 0 bridgehead atoms. The lowest BCUT2D eigenvalue weighted by Crippen LogP contribution is -2.33. The highest BCUT2D eigenvalue weighted by Gasteiger charge is 2.26. The van der Waals surface area contributed by atoms with Crippen molar-refractivity contribution in [3.8, 4) is 0 Å². The fourth-order valence-electron chi connectivity index (χ4n) is 4.13. The number of aryl methyl sites for hydroxylation is 1. The molecule has 7 nitrogen and oxygen atoms in total. The van der Waals surface area contributed by atoms with E-state index in [1.54, 1.807) is 6.07 Å². The van der Waals surface area contributed by atoms with Crippen molar-refractivity contribution in [3.05, 3.63) is 83.7 Å². The van der Waals surface area contributed by atoms with Crippen molar-refractivity contribution < 1.29 is 9.59 Å². The average molecular weight is 502 g/mol. The number of hydrogen-bond donors (Lipinski definition) is 2. The molecule has 0 spiro atoms. The number of rotatable bonds is 9. The molecule has 0 aliphatic carbocycles. The third kappa shape index (κ3) is 5.76. The molecule has 0 saturated heterocycles. The third-order valence-electron chi connectivity index (χ3n) is 5.97. The van der Waals surface area contributed by atoms with E-state index in [0.29, 0.717) is 23.1 Å². The van der Waals surface area contributed by atoms with Gasteiger partial charge in [-0.15, -0.1) is 10.2 Å². The van der Waals surface area contributed by atoms with Gasteiger partial charge in [-0.3, -0.25) is 9.59 Å². The number of amides is 2. The summed E-state index contributed by atoms with van der Waals surface area (Å²) in [6, 6.07) is 21.0. The van der Waals surface area contributed by atoms with Crippen LogP contribution in [0, 0.1) is 12.8 Å². The molecule has 4 aromatic rings. The molecule has 0 unspecified atom stereocenters. The van der Waals surface area contributed by atoms with E-state index in [-0.39, 0.29) is 29.5 Å². The Labute approximate surface area is 215 Å². The molecule has 1 aromatic heterocycles. The molecular formula is C28H31N5O2S. The number of carbonyl (C=O) groups is 2. The van der Waals surface area contributed by atoms with E-state index in [9.17, 15) is 9.59 Å². The van der Waals surface area contributed by atoms with Crippen LogP contribution in [0.1, 0.15) is 48.6 Å². The molecule has 186 valence electrons. The number of hydrogen-bond acceptors (Lipinski definition) is 5. The predicted octanol–water partition coefficient (Wildman–Crippen LogP) is 5.62. The van der Waals surface area contributed by atoms with Crippen molar-refractivity contribution in [2.45, 2.75) is 45.4 Å². The van der Waals surface area contributed by atoms with Crippen molar-refractivity contribution in [1.82, 2.24) is 20.1 Å². The fourth-order valence-corrected chi connectivity index (χ4v) is 4.93. The van der Waals surface area contributed by atoms with Crippen LogP contribution in [-0.4, -0.2) is 32.3 Å². The highest BCUT2D eigenvalue weighted by atomic mass is 32.2. The van der Waals surface area contributed by atoms with Crippen LogP contribution < -0.4 is 10.6 Å². The van der Waals surface area contributed by atoms with Crippen molar-refractivity contribution in [2.75, 3.05) is 11.1 Å². The Balaban J connectivity index is 1.47. The third-order valence-corrected chi connectivity index (χ3v) is 6.94. The SMILES string of the molecule is CCn1c(SCC(=O)Nc2cccc3ccccc23)nnc1[C@@H](NC(=O)c1cccc(C)c1)C(C)C. The second kappa shape index (κ2) is 11.4. The largest absolute Gasteiger partial charge is 0.342 e. The zero-order chi connectivity index (χ0) is 25.7. The van der Waals surface area contributed by atoms with Gasteiger partial charge in [0.1, 0.15) is 0 Å². The van der Waals surface area contributed by atoms with Crippen LogP contribution in [0.15, 0.2) is 71.9 Å². The number of carbonyl (C=O) groups excluding carboxylic acids is 2. The number of nitrogens with one attached hydrogen (secondary N) is 2. The van der Waals surface area contributed by atoms with E-state index in [0.717, 1.165) is 22.0 Å². The van der Waals surface area contributed by atoms with Gasteiger partial charge in [0.15, 0.2) is 11.0 Å². The molecule has 1 atom stereocenters. The maximum absolute atomic E-state index is 12.9. The van der Waals surface area contributed by atoms with Gasteiger partial charge in [0, 0.05) is 23.2 Å². The Morgan fingerprint density at radius 1 is 1.00 bits per heavy atom. The Bertz CT molecular complexity index is 1380. The van der Waals surface area contributed by atoms with E-state index >= 15 is 0 Å². The predicted molar refractivity (Wildman–Crippen MR) is 145 cm³/mol. The number of nitrogens with zero attached hydrogens (tertiary/aromatic N) is 3. The number of benzene rings is 3. The van der Waals surface area contributed by atoms with Gasteiger partial charge in [-0.05, 0) is 43.4 Å². The van der Waals surface area contributed by atoms with Gasteiger partial charge in [-0.1, -0.05) is 79.7 Å². The highest BCUT2D eigenvalue weighted by molar-refractivity contribution is 7.99. The average Bonchev–Trinajstić information content (AvgIpc) is 3.28. The first-order valence-corrected chi connectivity index (χ1v) is 13.1. The summed E-state index contributed by atoms with van der Waals surface area (Å²) >= 11 is 1.34. The van der Waals surface area contributed by atoms with Crippen LogP contribution in [-0.2, 0) is 11.3 Å². The van der Waals surface area contributed by atoms with E-state index in [4.69, 9.17) is 0 Å². The number of anilines is 1. The van der Waals surface area contributed by atoms with E-state index in [1.165, 1.54) is 11.8 Å². The summed E-state index contributed by atoms with van der Waals surface area (Å²) in [6.45, 7) is 8.68. The zero-order valence-electron chi connectivity index (χ0n) is 21.0. The maximum atomic E-state index is 12.9. The van der Waals surface area contributed by atoms with Gasteiger partial charge in [0.05, 0.1) is 11.8 Å². The molecule has 0 radical (unpaired) electrons. The van der Waals surface area contributed by atoms with Gasteiger partial charge in [0.25, 0.3) is 5.91 Å². The Kier molecular flexibility index (Phi) is 8.05. The summed E-state index contributed by atoms with van der Waals surface area (Å²) in [5.41, 5.74) is 2.43. The number of thioether (sulfide) groups is 1. The first-order valence-electron chi connectivity index (χ1n) is 12.1. The molecule has 2 N–H and O–H groups in total. The number of fused-ring (bicyclic) bond motifs is 1. The molecule has 0 fully saturated rings. The fraction of sp³-hybridized carbons (Fsp3) is 0.286. The Morgan fingerprint density at radius 2 is 1.75 bits per heavy atom. The second-order valence-electron chi connectivity index (χ2n) is 9.01. The van der Waals surface area contributed by atoms with Crippen LogP contribution in [0.5, 0.6) is 0 Å². The van der Waals surface area contributed by atoms with Crippen molar-refractivity contribution in [1.29, 1.82) is 0 Å². The van der Waals surface area contributed by atoms with E-state index in [1.807, 2.05) is 92.9 Å². The summed E-state index contributed by atoms with van der Waals surface area (Å²) in [6.07, 6.45) is 0. The molecule has 0 aliphatic heterocycles. The minimum absolute atomic E-state index is 0.0979. The van der Waals surface area contributed by atoms with Gasteiger partial charge in [-0.2, -0.15) is 0 Å². The van der Waals surface area contributed by atoms with E-state index in [2.05, 4.69) is 20.8 Å². The Morgan fingerprint density at radius 3 is 2.50 bits per heavy atom. The minimum Gasteiger partial charge on any atom is -0.342 e. The molecule has 8 heteroatoms. The van der Waals surface area contributed by atoms with Crippen molar-refractivity contribution >= 4 is 40.0 Å². The van der Waals surface area contributed by atoms with Crippen LogP contribution in [0.2, 0.25) is 0 Å². The number of aromatic nitrogens is 3. The summed E-state index contributed by atoms with van der Waals surface area (Å²) in [7, 11) is 0. The van der Waals surface area contributed by atoms with Gasteiger partial charge < -0.3 is 15.2 Å². The first kappa shape index (κ1) is 25.4. The molecule has 36 heavy (non-hydrogen) atoms. The molecule has 0 aliphatic rings. The summed E-state index contributed by atoms with van der Waals surface area (Å²) < 4.78 is 1.97. The van der Waals surface area contributed by atoms with Crippen molar-refractivity contribution in [2.24, 2.45) is 5.92 Å². The molecule has 2 amide bonds. The smallest absolute Gasteiger partial charge is 0.251 e. The lowest BCUT2D eigenvalue weighted by atomic mass is 10.0. The Hall–Kier alpha value is -3.65. The first-order chi connectivity index (χ1) is 17.4. The second-order valence-corrected chi connectivity index (χ2v) is 9.96. The lowest BCUT2D eigenvalue weighted by molar-refractivity contribution is -0.113. The van der Waals surface area contributed by atoms with Gasteiger partial charge in [0.2, 0.25) is 5.91 Å². The van der Waals surface area contributed by atoms with Gasteiger partial charge in [-0.25, -0.2) is 0 Å². The summed E-state index contributed by atoms with van der Waals surface area (Å²) in [5, 5.41) is 17.6. The minimum atomic E-state index is -0.315. The monoisotopic (exact) mass is 501 g/mol. The van der Waals surface area contributed by atoms with Crippen LogP contribution in [0.4, 0.5) is 5.69 Å². The van der Waals surface area contributed by atoms with Crippen molar-refractivity contribution in [3.63, 3.8) is 0 Å². The quantitative estimate of drug-likeness (QED) is 0.291. The standard InChI is InChI=1S/C28H31N5O2S/c1-5-33-26(25(18(2)3)30-27(35)21-13-8-10-19(4)16-21)31-32-28(33)36-17-24(34)29-23-15-9-12-20-11-6-7-14-22(20)23/h6-16,18,25H,5,17H2,1-4H3,(H,29,34)(H,30,35)/t25-/m0/s1. The van der Waals surface area contributed by atoms with Crippen LogP contribution in [0.3, 0.4) is 0 Å². The normalized spacial score (nSPS) is 12.0. The highest BCUT2D eigenvalue weighted by Crippen LogP contribution is 2.27.